The minimum atomic E-state index is -1.93. The highest BCUT2D eigenvalue weighted by Gasteiger charge is 2.60. The number of esters is 2. The third-order valence-electron chi connectivity index (χ3n) is 5.67. The Kier molecular flexibility index (Phi) is 5.86. The molecule has 0 saturated carbocycles. The molecular weight excluding hydrogens is 411 g/mol. The van der Waals surface area contributed by atoms with Gasteiger partial charge in [-0.25, -0.2) is 4.39 Å². The minimum Gasteiger partial charge on any atom is -0.465 e. The summed E-state index contributed by atoms with van der Waals surface area (Å²) in [6.07, 6.45) is -0.482. The molecule has 0 spiro atoms. The van der Waals surface area contributed by atoms with Gasteiger partial charge >= 0.3 is 11.9 Å². The van der Waals surface area contributed by atoms with E-state index in [2.05, 4.69) is 0 Å². The number of rotatable bonds is 6. The Bertz CT molecular complexity index is 1160. The third kappa shape index (κ3) is 3.68. The smallest absolute Gasteiger partial charge is 0.330 e. The SMILES string of the molecule is CCOC(=O)C1(CC(=O)c2ccc(F)cc2)C(=O)Oc2ccccc2C1c1ccccc1. The zero-order valence-electron chi connectivity index (χ0n) is 17.4. The second-order valence-corrected chi connectivity index (χ2v) is 7.57. The van der Waals surface area contributed by atoms with Crippen LogP contribution in [0.2, 0.25) is 0 Å². The quantitative estimate of drug-likeness (QED) is 0.244. The fourth-order valence-electron chi connectivity index (χ4n) is 4.19. The molecule has 162 valence electrons. The van der Waals surface area contributed by atoms with Crippen molar-refractivity contribution in [2.75, 3.05) is 6.61 Å². The van der Waals surface area contributed by atoms with Crippen LogP contribution >= 0.6 is 0 Å². The second kappa shape index (κ2) is 8.75. The Hall–Kier alpha value is -3.80. The van der Waals surface area contributed by atoms with Gasteiger partial charge in [0.2, 0.25) is 0 Å². The number of carbonyl (C=O) groups excluding carboxylic acids is 3. The van der Waals surface area contributed by atoms with Crippen LogP contribution in [0.3, 0.4) is 0 Å². The minimum absolute atomic E-state index is 0.0295. The van der Waals surface area contributed by atoms with Crippen molar-refractivity contribution in [3.8, 4) is 5.75 Å². The molecule has 6 heteroatoms. The van der Waals surface area contributed by atoms with E-state index in [-0.39, 0.29) is 12.2 Å². The molecule has 32 heavy (non-hydrogen) atoms. The van der Waals surface area contributed by atoms with Crippen molar-refractivity contribution in [3.05, 3.63) is 101 Å². The van der Waals surface area contributed by atoms with Crippen LogP contribution in [-0.4, -0.2) is 24.3 Å². The highest BCUT2D eigenvalue weighted by atomic mass is 19.1. The zero-order chi connectivity index (χ0) is 22.7. The monoisotopic (exact) mass is 432 g/mol. The van der Waals surface area contributed by atoms with Crippen LogP contribution in [0.5, 0.6) is 5.75 Å². The van der Waals surface area contributed by atoms with Gasteiger partial charge in [-0.2, -0.15) is 0 Å². The Balaban J connectivity index is 1.91. The van der Waals surface area contributed by atoms with Crippen molar-refractivity contribution in [1.82, 2.24) is 0 Å². The van der Waals surface area contributed by atoms with Crippen molar-refractivity contribution in [1.29, 1.82) is 0 Å². The topological polar surface area (TPSA) is 69.7 Å². The van der Waals surface area contributed by atoms with Crippen LogP contribution in [0.25, 0.3) is 0 Å². The summed E-state index contributed by atoms with van der Waals surface area (Å²) >= 11 is 0. The molecule has 1 heterocycles. The van der Waals surface area contributed by atoms with Gasteiger partial charge in [-0.05, 0) is 42.8 Å². The summed E-state index contributed by atoms with van der Waals surface area (Å²) in [6.45, 7) is 1.66. The number of benzene rings is 3. The van der Waals surface area contributed by atoms with Gasteiger partial charge in [0, 0.05) is 23.5 Å². The van der Waals surface area contributed by atoms with Gasteiger partial charge < -0.3 is 9.47 Å². The molecule has 5 nitrogen and oxygen atoms in total. The summed E-state index contributed by atoms with van der Waals surface area (Å²) in [4.78, 5) is 40.1. The Morgan fingerprint density at radius 2 is 1.62 bits per heavy atom. The highest BCUT2D eigenvalue weighted by molar-refractivity contribution is 6.10. The van der Waals surface area contributed by atoms with Crippen LogP contribution < -0.4 is 4.74 Å². The molecule has 0 aromatic heterocycles. The lowest BCUT2D eigenvalue weighted by Crippen LogP contribution is -2.52. The predicted octanol–water partition coefficient (Wildman–Crippen LogP) is 4.70. The van der Waals surface area contributed by atoms with E-state index in [9.17, 15) is 18.8 Å². The van der Waals surface area contributed by atoms with Crippen LogP contribution in [0, 0.1) is 11.2 Å². The van der Waals surface area contributed by atoms with Crippen molar-refractivity contribution in [2.45, 2.75) is 19.3 Å². The standard InChI is InChI=1S/C26H21FO5/c1-2-31-24(29)26(16-21(28)17-12-14-19(27)15-13-17)23(18-8-4-3-5-9-18)20-10-6-7-11-22(20)32-25(26)30/h3-15,23H,2,16H2,1H3. The lowest BCUT2D eigenvalue weighted by molar-refractivity contribution is -0.169. The van der Waals surface area contributed by atoms with Crippen molar-refractivity contribution >= 4 is 17.7 Å². The van der Waals surface area contributed by atoms with Gasteiger partial charge in [-0.3, -0.25) is 14.4 Å². The summed E-state index contributed by atoms with van der Waals surface area (Å²) in [5.74, 6) is -3.13. The Morgan fingerprint density at radius 3 is 2.31 bits per heavy atom. The largest absolute Gasteiger partial charge is 0.465 e. The van der Waals surface area contributed by atoms with Crippen molar-refractivity contribution < 1.29 is 28.2 Å². The zero-order valence-corrected chi connectivity index (χ0v) is 17.4. The molecule has 0 bridgehead atoms. The molecule has 1 aliphatic rings. The van der Waals surface area contributed by atoms with E-state index in [1.54, 1.807) is 55.5 Å². The number of hydrogen-bond acceptors (Lipinski definition) is 5. The molecule has 2 atom stereocenters. The van der Waals surface area contributed by atoms with Crippen LogP contribution in [0.15, 0.2) is 78.9 Å². The normalized spacial score (nSPS) is 19.6. The molecule has 4 rings (SSSR count). The first kappa shape index (κ1) is 21.4. The first-order valence-electron chi connectivity index (χ1n) is 10.3. The lowest BCUT2D eigenvalue weighted by atomic mass is 9.64. The van der Waals surface area contributed by atoms with Gasteiger partial charge in [0.25, 0.3) is 0 Å². The van der Waals surface area contributed by atoms with E-state index in [0.717, 1.165) is 12.1 Å². The molecule has 3 aromatic rings. The number of halogens is 1. The fraction of sp³-hybridized carbons (Fsp3) is 0.192. The molecule has 0 fully saturated rings. The molecule has 0 amide bonds. The van der Waals surface area contributed by atoms with Gasteiger partial charge in [0.05, 0.1) is 6.61 Å². The van der Waals surface area contributed by atoms with E-state index in [4.69, 9.17) is 9.47 Å². The van der Waals surface area contributed by atoms with E-state index < -0.39 is 41.3 Å². The van der Waals surface area contributed by atoms with Crippen molar-refractivity contribution in [3.63, 3.8) is 0 Å². The van der Waals surface area contributed by atoms with E-state index >= 15 is 0 Å². The maximum absolute atomic E-state index is 13.5. The van der Waals surface area contributed by atoms with Crippen molar-refractivity contribution in [2.24, 2.45) is 5.41 Å². The maximum Gasteiger partial charge on any atom is 0.330 e. The second-order valence-electron chi connectivity index (χ2n) is 7.57. The fourth-order valence-corrected chi connectivity index (χ4v) is 4.19. The Morgan fingerprint density at radius 1 is 0.969 bits per heavy atom. The maximum atomic E-state index is 13.5. The molecule has 0 aliphatic carbocycles. The molecule has 0 radical (unpaired) electrons. The van der Waals surface area contributed by atoms with Gasteiger partial charge in [-0.1, -0.05) is 48.5 Å². The number of ketones is 1. The van der Waals surface area contributed by atoms with E-state index in [1.807, 2.05) is 6.07 Å². The predicted molar refractivity (Wildman–Crippen MR) is 115 cm³/mol. The van der Waals surface area contributed by atoms with Gasteiger partial charge in [-0.15, -0.1) is 0 Å². The van der Waals surface area contributed by atoms with E-state index in [1.165, 1.54) is 12.1 Å². The van der Waals surface area contributed by atoms with Crippen LogP contribution in [0.4, 0.5) is 4.39 Å². The average molecular weight is 432 g/mol. The molecule has 2 unspecified atom stereocenters. The third-order valence-corrected chi connectivity index (χ3v) is 5.67. The summed E-state index contributed by atoms with van der Waals surface area (Å²) in [5, 5.41) is 0. The highest BCUT2D eigenvalue weighted by Crippen LogP contribution is 2.52. The van der Waals surface area contributed by atoms with Gasteiger partial charge in [0.1, 0.15) is 11.6 Å². The number of para-hydroxylation sites is 1. The van der Waals surface area contributed by atoms with E-state index in [0.29, 0.717) is 16.9 Å². The summed E-state index contributed by atoms with van der Waals surface area (Å²) in [5.41, 5.74) is -0.458. The summed E-state index contributed by atoms with van der Waals surface area (Å²) in [7, 11) is 0. The Labute approximate surface area is 184 Å². The number of ether oxygens (including phenoxy) is 2. The summed E-state index contributed by atoms with van der Waals surface area (Å²) in [6, 6.07) is 21.0. The molecule has 0 saturated heterocycles. The summed E-state index contributed by atoms with van der Waals surface area (Å²) < 4.78 is 24.3. The molecular formula is C26H21FO5. The number of fused-ring (bicyclic) bond motifs is 1. The molecule has 1 aliphatic heterocycles. The number of Topliss-reactive ketones (excluding diaryl/α,β-unsaturated/α-hetero) is 1. The van der Waals surface area contributed by atoms with Crippen LogP contribution in [-0.2, 0) is 14.3 Å². The first-order chi connectivity index (χ1) is 15.5. The number of carbonyl (C=O) groups is 3. The number of hydrogen-bond donors (Lipinski definition) is 0. The first-order valence-corrected chi connectivity index (χ1v) is 10.3. The molecule has 0 N–H and O–H groups in total. The lowest BCUT2D eigenvalue weighted by Gasteiger charge is -2.40. The average Bonchev–Trinajstić information content (AvgIpc) is 2.80. The van der Waals surface area contributed by atoms with Gasteiger partial charge in [0.15, 0.2) is 11.2 Å². The molecule has 3 aromatic carbocycles. The van der Waals surface area contributed by atoms with Crippen LogP contribution in [0.1, 0.15) is 40.7 Å².